The van der Waals surface area contributed by atoms with Gasteiger partial charge >= 0.3 is 0 Å². The van der Waals surface area contributed by atoms with Crippen molar-refractivity contribution in [3.05, 3.63) is 94.0 Å². The highest BCUT2D eigenvalue weighted by Crippen LogP contribution is 2.37. The van der Waals surface area contributed by atoms with Crippen molar-refractivity contribution in [1.29, 1.82) is 0 Å². The highest BCUT2D eigenvalue weighted by atomic mass is 16.3. The molecule has 10 nitrogen and oxygen atoms in total. The third kappa shape index (κ3) is 8.68. The molecule has 0 radical (unpaired) electrons. The van der Waals surface area contributed by atoms with Crippen molar-refractivity contribution in [1.82, 2.24) is 0 Å². The maximum absolute atomic E-state index is 10.5. The lowest BCUT2D eigenvalue weighted by molar-refractivity contribution is 0.158. The highest BCUT2D eigenvalue weighted by molar-refractivity contribution is 5.52. The van der Waals surface area contributed by atoms with E-state index in [0.717, 1.165) is 11.1 Å². The number of phenolic OH excluding ortho intramolecular Hbond substituents is 8. The van der Waals surface area contributed by atoms with E-state index in [-0.39, 0.29) is 36.5 Å². The van der Waals surface area contributed by atoms with Crippen molar-refractivity contribution >= 4 is 0 Å². The Hall–Kier alpha value is -4.80. The van der Waals surface area contributed by atoms with Crippen LogP contribution in [-0.4, -0.2) is 64.3 Å². The van der Waals surface area contributed by atoms with Gasteiger partial charge in [-0.25, -0.2) is 0 Å². The highest BCUT2D eigenvalue weighted by Gasteiger charge is 2.23. The second-order valence-electron chi connectivity index (χ2n) is 11.9. The van der Waals surface area contributed by atoms with Gasteiger partial charge in [0.1, 0.15) is 11.5 Å². The van der Waals surface area contributed by atoms with Crippen LogP contribution in [0.4, 0.5) is 0 Å². The van der Waals surface area contributed by atoms with Gasteiger partial charge in [0.25, 0.3) is 0 Å². The minimum absolute atomic E-state index is 0.00746. The normalized spacial score (nSPS) is 12.7. The summed E-state index contributed by atoms with van der Waals surface area (Å²) in [6, 6.07) is 16.1. The average Bonchev–Trinajstić information content (AvgIpc) is 3.03. The molecule has 0 spiro atoms. The number of aromatic hydroxyl groups is 8. The van der Waals surface area contributed by atoms with Crippen LogP contribution in [0.5, 0.6) is 46.0 Å². The molecule has 246 valence electrons. The van der Waals surface area contributed by atoms with Crippen LogP contribution in [-0.2, 0) is 38.5 Å². The molecule has 0 aromatic heterocycles. The van der Waals surface area contributed by atoms with Crippen molar-refractivity contribution in [3.8, 4) is 46.0 Å². The Balaban J connectivity index is 1.47. The number of hydrogen-bond acceptors (Lipinski definition) is 10. The fourth-order valence-corrected chi connectivity index (χ4v) is 5.94. The first-order valence-electron chi connectivity index (χ1n) is 15.3. The lowest BCUT2D eigenvalue weighted by atomic mass is 9.80. The van der Waals surface area contributed by atoms with Gasteiger partial charge in [0.05, 0.1) is 0 Å². The number of rotatable bonds is 15. The minimum atomic E-state index is -0.584. The van der Waals surface area contributed by atoms with Crippen molar-refractivity contribution < 1.29 is 51.1 Å². The first-order chi connectivity index (χ1) is 22.0. The van der Waals surface area contributed by atoms with E-state index in [1.165, 1.54) is 24.3 Å². The Labute approximate surface area is 267 Å². The molecule has 0 bridgehead atoms. The van der Waals surface area contributed by atoms with Crippen molar-refractivity contribution in [2.24, 2.45) is 11.8 Å². The van der Waals surface area contributed by atoms with Crippen molar-refractivity contribution in [2.75, 3.05) is 13.2 Å². The van der Waals surface area contributed by atoms with E-state index in [1.807, 2.05) is 18.2 Å². The van der Waals surface area contributed by atoms with Crippen LogP contribution in [0.3, 0.4) is 0 Å². The molecule has 4 aromatic rings. The van der Waals surface area contributed by atoms with Gasteiger partial charge in [-0.05, 0) is 133 Å². The summed E-state index contributed by atoms with van der Waals surface area (Å²) < 4.78 is 0. The van der Waals surface area contributed by atoms with Crippen LogP contribution in [0.1, 0.15) is 46.2 Å². The third-order valence-corrected chi connectivity index (χ3v) is 8.54. The number of phenols is 8. The van der Waals surface area contributed by atoms with Gasteiger partial charge in [0, 0.05) is 13.2 Å². The van der Waals surface area contributed by atoms with Gasteiger partial charge in [-0.3, -0.25) is 0 Å². The summed E-state index contributed by atoms with van der Waals surface area (Å²) in [6.45, 7) is -0.0926. The first kappa shape index (κ1) is 34.1. The Morgan fingerprint density at radius 3 is 1.24 bits per heavy atom. The molecule has 0 aliphatic heterocycles. The molecule has 0 fully saturated rings. The van der Waals surface area contributed by atoms with E-state index in [1.54, 1.807) is 18.2 Å². The fraction of sp³-hybridized carbons (Fsp3) is 0.333. The predicted molar refractivity (Wildman–Crippen MR) is 172 cm³/mol. The number of aliphatic hydroxyl groups is 2. The van der Waals surface area contributed by atoms with E-state index in [2.05, 4.69) is 0 Å². The molecule has 10 heteroatoms. The van der Waals surface area contributed by atoms with Crippen LogP contribution >= 0.6 is 0 Å². The van der Waals surface area contributed by atoms with E-state index in [0.29, 0.717) is 73.6 Å². The van der Waals surface area contributed by atoms with Crippen LogP contribution in [0.25, 0.3) is 0 Å². The van der Waals surface area contributed by atoms with Crippen LogP contribution < -0.4 is 0 Å². The fourth-order valence-electron chi connectivity index (χ4n) is 5.94. The van der Waals surface area contributed by atoms with Crippen molar-refractivity contribution in [2.45, 2.75) is 51.4 Å². The molecule has 10 N–H and O–H groups in total. The standard InChI is InChI=1S/C36H42O10/c37-11-1-2-25(12-21-5-9-29(39)26(13-21)7-3-23-16-31(41)35(45)32(42)17-23)28(20-38)15-22-6-10-30(40)27(14-22)8-4-24-18-33(43)36(46)34(44)19-24/h5-6,9-10,13-14,16-19,25,28,37-46H,1-4,7-8,11-12,15,20H2/t25-,28+/m1/s1. The second kappa shape index (κ2) is 15.5. The minimum Gasteiger partial charge on any atom is -0.508 e. The van der Waals surface area contributed by atoms with E-state index in [9.17, 15) is 51.1 Å². The maximum atomic E-state index is 10.5. The topological polar surface area (TPSA) is 202 Å². The average molecular weight is 635 g/mol. The summed E-state index contributed by atoms with van der Waals surface area (Å²) in [4.78, 5) is 0. The van der Waals surface area contributed by atoms with Crippen LogP contribution in [0, 0.1) is 11.8 Å². The van der Waals surface area contributed by atoms with Crippen molar-refractivity contribution in [3.63, 3.8) is 0 Å². The van der Waals surface area contributed by atoms with Gasteiger partial charge in [-0.2, -0.15) is 0 Å². The molecular formula is C36H42O10. The first-order valence-corrected chi connectivity index (χ1v) is 15.3. The SMILES string of the molecule is OCCC[C@H](Cc1ccc(O)c(CCc2cc(O)c(O)c(O)c2)c1)[C@H](CO)Cc1ccc(O)c(CCc2cc(O)c(O)c(O)c2)c1. The lowest BCUT2D eigenvalue weighted by Gasteiger charge is -2.26. The Morgan fingerprint density at radius 1 is 0.435 bits per heavy atom. The van der Waals surface area contributed by atoms with Gasteiger partial charge in [0.15, 0.2) is 34.5 Å². The predicted octanol–water partition coefficient (Wildman–Crippen LogP) is 4.68. The second-order valence-corrected chi connectivity index (χ2v) is 11.9. The van der Waals surface area contributed by atoms with Crippen LogP contribution in [0.15, 0.2) is 60.7 Å². The summed E-state index contributed by atoms with van der Waals surface area (Å²) in [6.07, 6.45) is 3.89. The molecule has 0 amide bonds. The molecule has 46 heavy (non-hydrogen) atoms. The van der Waals surface area contributed by atoms with Gasteiger partial charge in [-0.15, -0.1) is 0 Å². The van der Waals surface area contributed by atoms with Gasteiger partial charge in [0.2, 0.25) is 0 Å². The Kier molecular flexibility index (Phi) is 11.5. The molecule has 0 saturated carbocycles. The zero-order valence-corrected chi connectivity index (χ0v) is 25.5. The number of aryl methyl sites for hydroxylation is 4. The molecule has 4 aromatic carbocycles. The lowest BCUT2D eigenvalue weighted by Crippen LogP contribution is -2.24. The summed E-state index contributed by atoms with van der Waals surface area (Å²) in [5, 5.41) is 99.6. The molecule has 0 saturated heterocycles. The molecule has 0 aliphatic carbocycles. The molecule has 2 atom stereocenters. The molecule has 0 unspecified atom stereocenters. The smallest absolute Gasteiger partial charge is 0.200 e. The number of hydrogen-bond donors (Lipinski definition) is 10. The zero-order valence-electron chi connectivity index (χ0n) is 25.5. The quantitative estimate of drug-likeness (QED) is 0.0818. The van der Waals surface area contributed by atoms with Crippen LogP contribution in [0.2, 0.25) is 0 Å². The molecule has 4 rings (SSSR count). The molecule has 0 aliphatic rings. The monoisotopic (exact) mass is 634 g/mol. The third-order valence-electron chi connectivity index (χ3n) is 8.54. The zero-order chi connectivity index (χ0) is 33.4. The van der Waals surface area contributed by atoms with E-state index >= 15 is 0 Å². The maximum Gasteiger partial charge on any atom is 0.200 e. The number of aliphatic hydroxyl groups excluding tert-OH is 2. The van der Waals surface area contributed by atoms with Gasteiger partial charge < -0.3 is 51.1 Å². The van der Waals surface area contributed by atoms with E-state index < -0.39 is 34.5 Å². The Morgan fingerprint density at radius 2 is 0.848 bits per heavy atom. The number of benzene rings is 4. The summed E-state index contributed by atoms with van der Waals surface area (Å²) in [5.74, 6) is -2.84. The summed E-state index contributed by atoms with van der Waals surface area (Å²) in [7, 11) is 0. The molecular weight excluding hydrogens is 592 g/mol. The Bertz CT molecular complexity index is 1590. The molecule has 0 heterocycles. The van der Waals surface area contributed by atoms with Gasteiger partial charge in [-0.1, -0.05) is 24.3 Å². The largest absolute Gasteiger partial charge is 0.508 e. The summed E-state index contributed by atoms with van der Waals surface area (Å²) >= 11 is 0. The van der Waals surface area contributed by atoms with E-state index in [4.69, 9.17) is 0 Å². The summed E-state index contributed by atoms with van der Waals surface area (Å²) in [5.41, 5.74) is 4.35.